The summed E-state index contributed by atoms with van der Waals surface area (Å²) in [6, 6.07) is 14.6. The molecule has 1 heterocycles. The summed E-state index contributed by atoms with van der Waals surface area (Å²) < 4.78 is 11.1. The lowest BCUT2D eigenvalue weighted by molar-refractivity contribution is -0.139. The Morgan fingerprint density at radius 2 is 2.07 bits per heavy atom. The van der Waals surface area contributed by atoms with Crippen molar-refractivity contribution in [2.24, 2.45) is 5.10 Å². The minimum Gasteiger partial charge on any atom is -0.489 e. The first-order valence-corrected chi connectivity index (χ1v) is 9.68. The monoisotopic (exact) mass is 415 g/mol. The van der Waals surface area contributed by atoms with Gasteiger partial charge in [-0.3, -0.25) is 9.59 Å². The zero-order valence-electron chi connectivity index (χ0n) is 15.8. The Morgan fingerprint density at radius 1 is 1.21 bits per heavy atom. The van der Waals surface area contributed by atoms with Crippen LogP contribution < -0.4 is 15.5 Å². The third-order valence-electron chi connectivity index (χ3n) is 4.25. The molecule has 1 aliphatic heterocycles. The van der Waals surface area contributed by atoms with E-state index in [1.165, 1.54) is 6.21 Å². The topological polar surface area (TPSA) is 89.0 Å². The van der Waals surface area contributed by atoms with Crippen LogP contribution in [0.15, 0.2) is 53.6 Å². The second kappa shape index (κ2) is 10.6. The number of nitrogens with one attached hydrogen (secondary N) is 2. The number of carbonyl (C=O) groups is 2. The summed E-state index contributed by atoms with van der Waals surface area (Å²) in [6.45, 7) is 1.39. The first-order valence-electron chi connectivity index (χ1n) is 9.30. The molecule has 1 aliphatic rings. The summed E-state index contributed by atoms with van der Waals surface area (Å²) in [4.78, 5) is 23.5. The molecule has 2 N–H and O–H groups in total. The first-order chi connectivity index (χ1) is 14.1. The van der Waals surface area contributed by atoms with Gasteiger partial charge in [-0.25, -0.2) is 5.43 Å². The van der Waals surface area contributed by atoms with Gasteiger partial charge >= 0.3 is 11.8 Å². The van der Waals surface area contributed by atoms with Crippen molar-refractivity contribution >= 4 is 29.6 Å². The Bertz CT molecular complexity index is 882. The Labute approximate surface area is 174 Å². The van der Waals surface area contributed by atoms with Gasteiger partial charge in [-0.15, -0.1) is 0 Å². The zero-order valence-corrected chi connectivity index (χ0v) is 16.5. The van der Waals surface area contributed by atoms with E-state index in [9.17, 15) is 9.59 Å². The van der Waals surface area contributed by atoms with E-state index < -0.39 is 11.8 Å². The van der Waals surface area contributed by atoms with Crippen molar-refractivity contribution in [2.45, 2.75) is 25.6 Å². The average Bonchev–Trinajstić information content (AvgIpc) is 3.24. The number of rotatable bonds is 7. The molecular weight excluding hydrogens is 394 g/mol. The molecule has 3 rings (SSSR count). The maximum Gasteiger partial charge on any atom is 0.329 e. The lowest BCUT2D eigenvalue weighted by Crippen LogP contribution is -2.41. The highest BCUT2D eigenvalue weighted by Crippen LogP contribution is 2.16. The molecule has 8 heteroatoms. The molecule has 0 aromatic heterocycles. The van der Waals surface area contributed by atoms with Crippen LogP contribution in [-0.4, -0.2) is 37.3 Å². The smallest absolute Gasteiger partial charge is 0.329 e. The van der Waals surface area contributed by atoms with Gasteiger partial charge < -0.3 is 14.8 Å². The fourth-order valence-electron chi connectivity index (χ4n) is 2.79. The van der Waals surface area contributed by atoms with Gasteiger partial charge in [-0.2, -0.15) is 5.10 Å². The molecule has 2 aromatic rings. The number of benzene rings is 2. The number of carbonyl (C=O) groups excluding carboxylic acids is 2. The van der Waals surface area contributed by atoms with E-state index in [1.807, 2.05) is 30.3 Å². The van der Waals surface area contributed by atoms with Crippen molar-refractivity contribution in [3.05, 3.63) is 64.7 Å². The highest BCUT2D eigenvalue weighted by Gasteiger charge is 2.18. The van der Waals surface area contributed by atoms with E-state index in [-0.39, 0.29) is 6.10 Å². The van der Waals surface area contributed by atoms with Crippen LogP contribution in [0.5, 0.6) is 5.75 Å². The van der Waals surface area contributed by atoms with Crippen LogP contribution in [-0.2, 0) is 20.9 Å². The summed E-state index contributed by atoms with van der Waals surface area (Å²) in [6.07, 6.45) is 3.27. The molecule has 29 heavy (non-hydrogen) atoms. The fourth-order valence-corrected chi connectivity index (χ4v) is 3.00. The summed E-state index contributed by atoms with van der Waals surface area (Å²) in [5, 5.41) is 7.02. The van der Waals surface area contributed by atoms with Gasteiger partial charge in [-0.05, 0) is 48.2 Å². The number of hydrogen-bond acceptors (Lipinski definition) is 5. The summed E-state index contributed by atoms with van der Waals surface area (Å²) in [5.41, 5.74) is 3.88. The Kier molecular flexibility index (Phi) is 7.61. The number of hydrogen-bond donors (Lipinski definition) is 2. The molecule has 2 amide bonds. The number of nitrogens with zero attached hydrogens (tertiary/aromatic N) is 1. The molecule has 1 fully saturated rings. The van der Waals surface area contributed by atoms with Gasteiger partial charge in [0.1, 0.15) is 12.4 Å². The molecule has 152 valence electrons. The lowest BCUT2D eigenvalue weighted by Gasteiger charge is -2.09. The highest BCUT2D eigenvalue weighted by molar-refractivity contribution is 6.35. The van der Waals surface area contributed by atoms with Crippen molar-refractivity contribution in [3.8, 4) is 5.75 Å². The quantitative estimate of drug-likeness (QED) is 0.413. The molecule has 1 saturated heterocycles. The highest BCUT2D eigenvalue weighted by atomic mass is 35.5. The third-order valence-corrected chi connectivity index (χ3v) is 4.49. The molecule has 2 aromatic carbocycles. The second-order valence-electron chi connectivity index (χ2n) is 6.54. The van der Waals surface area contributed by atoms with Gasteiger partial charge in [0, 0.05) is 18.2 Å². The van der Waals surface area contributed by atoms with Gasteiger partial charge in [0.05, 0.1) is 12.3 Å². The number of amides is 2. The van der Waals surface area contributed by atoms with E-state index in [0.717, 1.165) is 18.4 Å². The molecule has 0 bridgehead atoms. The number of ether oxygens (including phenoxy) is 2. The predicted octanol–water partition coefficient (Wildman–Crippen LogP) is 2.66. The molecule has 0 unspecified atom stereocenters. The molecule has 0 spiro atoms. The van der Waals surface area contributed by atoms with E-state index in [1.54, 1.807) is 18.2 Å². The predicted molar refractivity (Wildman–Crippen MR) is 110 cm³/mol. The van der Waals surface area contributed by atoms with E-state index >= 15 is 0 Å². The van der Waals surface area contributed by atoms with E-state index in [4.69, 9.17) is 21.1 Å². The van der Waals surface area contributed by atoms with Crippen LogP contribution in [0.25, 0.3) is 0 Å². The number of hydrazone groups is 1. The maximum atomic E-state index is 11.8. The Balaban J connectivity index is 1.45. The maximum absolute atomic E-state index is 11.8. The zero-order chi connectivity index (χ0) is 20.5. The second-order valence-corrected chi connectivity index (χ2v) is 6.97. The van der Waals surface area contributed by atoms with Gasteiger partial charge in [0.15, 0.2) is 0 Å². The van der Waals surface area contributed by atoms with Gasteiger partial charge in [0.2, 0.25) is 0 Å². The average molecular weight is 416 g/mol. The summed E-state index contributed by atoms with van der Waals surface area (Å²) in [5.74, 6) is -0.918. The molecule has 7 nitrogen and oxygen atoms in total. The SMILES string of the molecule is O=C(NC[C@H]1CCCO1)C(=O)N/N=C\c1cccc(OCc2cccc(Cl)c2)c1. The van der Waals surface area contributed by atoms with Crippen LogP contribution in [0, 0.1) is 0 Å². The lowest BCUT2D eigenvalue weighted by atomic mass is 10.2. The van der Waals surface area contributed by atoms with Crippen molar-refractivity contribution < 1.29 is 19.1 Å². The van der Waals surface area contributed by atoms with Crippen LogP contribution in [0.4, 0.5) is 0 Å². The Hall–Kier alpha value is -2.90. The largest absolute Gasteiger partial charge is 0.489 e. The molecular formula is C21H22ClN3O4. The molecule has 0 aliphatic carbocycles. The van der Waals surface area contributed by atoms with E-state index in [0.29, 0.717) is 36.1 Å². The van der Waals surface area contributed by atoms with Crippen LogP contribution in [0.2, 0.25) is 5.02 Å². The Morgan fingerprint density at radius 3 is 2.86 bits per heavy atom. The van der Waals surface area contributed by atoms with Crippen LogP contribution >= 0.6 is 11.6 Å². The molecule has 1 atom stereocenters. The van der Waals surface area contributed by atoms with Crippen molar-refractivity contribution in [1.29, 1.82) is 0 Å². The number of halogens is 1. The minimum atomic E-state index is -0.826. The normalized spacial score (nSPS) is 16.0. The summed E-state index contributed by atoms with van der Waals surface area (Å²) in [7, 11) is 0. The van der Waals surface area contributed by atoms with Crippen molar-refractivity contribution in [3.63, 3.8) is 0 Å². The van der Waals surface area contributed by atoms with E-state index in [2.05, 4.69) is 15.8 Å². The summed E-state index contributed by atoms with van der Waals surface area (Å²) >= 11 is 5.97. The minimum absolute atomic E-state index is 0.0232. The van der Waals surface area contributed by atoms with Crippen LogP contribution in [0.1, 0.15) is 24.0 Å². The van der Waals surface area contributed by atoms with Crippen molar-refractivity contribution in [1.82, 2.24) is 10.7 Å². The fraction of sp³-hybridized carbons (Fsp3) is 0.286. The third kappa shape index (κ3) is 6.89. The first kappa shape index (κ1) is 20.8. The van der Waals surface area contributed by atoms with Crippen LogP contribution in [0.3, 0.4) is 0 Å². The molecule has 0 radical (unpaired) electrons. The van der Waals surface area contributed by atoms with Crippen molar-refractivity contribution in [2.75, 3.05) is 13.2 Å². The molecule has 0 saturated carbocycles. The van der Waals surface area contributed by atoms with Gasteiger partial charge in [0.25, 0.3) is 0 Å². The standard InChI is InChI=1S/C21H22ClN3O4/c22-17-6-1-5-16(10-17)14-29-18-7-2-4-15(11-18)12-24-25-21(27)20(26)23-13-19-8-3-9-28-19/h1-2,4-7,10-12,19H,3,8-9,13-14H2,(H,23,26)(H,25,27)/b24-12-/t19-/m1/s1. The van der Waals surface area contributed by atoms with Gasteiger partial charge in [-0.1, -0.05) is 35.9 Å².